The topological polar surface area (TPSA) is 60.1 Å². The standard InChI is InChI=1S/C15H18ClN3O2/c1-3-19-14(16)13(9(2)18-19)15(20)17-11-5-4-6-12-10(11)7-8-21-12/h7-8,11H,3-6H2,1-2H3,(H,17,20)/t11-/m1/s1. The Bertz CT molecular complexity index is 675. The van der Waals surface area contributed by atoms with Crippen LogP contribution in [-0.4, -0.2) is 15.7 Å². The molecule has 0 saturated heterocycles. The van der Waals surface area contributed by atoms with Gasteiger partial charge >= 0.3 is 0 Å². The molecule has 5 nitrogen and oxygen atoms in total. The maximum atomic E-state index is 12.5. The van der Waals surface area contributed by atoms with E-state index >= 15 is 0 Å². The second-order valence-electron chi connectivity index (χ2n) is 5.28. The molecule has 0 bridgehead atoms. The zero-order valence-corrected chi connectivity index (χ0v) is 12.9. The number of nitrogens with one attached hydrogen (secondary N) is 1. The first kappa shape index (κ1) is 14.2. The molecule has 0 saturated carbocycles. The highest BCUT2D eigenvalue weighted by Gasteiger charge is 2.27. The fourth-order valence-electron chi connectivity index (χ4n) is 2.89. The van der Waals surface area contributed by atoms with Crippen molar-refractivity contribution in [3.8, 4) is 0 Å². The van der Waals surface area contributed by atoms with Crippen LogP contribution >= 0.6 is 11.6 Å². The molecular formula is C15H18ClN3O2. The molecule has 0 aliphatic heterocycles. The van der Waals surface area contributed by atoms with Gasteiger partial charge in [0.2, 0.25) is 0 Å². The van der Waals surface area contributed by atoms with E-state index in [0.29, 0.717) is 23.0 Å². The number of nitrogens with zero attached hydrogens (tertiary/aromatic N) is 2. The van der Waals surface area contributed by atoms with Crippen LogP contribution < -0.4 is 5.32 Å². The Labute approximate surface area is 128 Å². The van der Waals surface area contributed by atoms with Crippen molar-refractivity contribution in [2.75, 3.05) is 0 Å². The second-order valence-corrected chi connectivity index (χ2v) is 5.64. The van der Waals surface area contributed by atoms with Gasteiger partial charge in [0, 0.05) is 18.5 Å². The van der Waals surface area contributed by atoms with Crippen molar-refractivity contribution in [2.24, 2.45) is 0 Å². The molecule has 2 heterocycles. The van der Waals surface area contributed by atoms with E-state index in [1.807, 2.05) is 13.0 Å². The van der Waals surface area contributed by atoms with Gasteiger partial charge < -0.3 is 9.73 Å². The summed E-state index contributed by atoms with van der Waals surface area (Å²) in [5.74, 6) is 0.801. The van der Waals surface area contributed by atoms with E-state index < -0.39 is 0 Å². The zero-order valence-electron chi connectivity index (χ0n) is 12.1. The van der Waals surface area contributed by atoms with Gasteiger partial charge in [0.25, 0.3) is 5.91 Å². The molecule has 21 heavy (non-hydrogen) atoms. The van der Waals surface area contributed by atoms with E-state index in [-0.39, 0.29) is 11.9 Å². The SMILES string of the molecule is CCn1nc(C)c(C(=O)N[C@@H]2CCCc3occc32)c1Cl. The minimum Gasteiger partial charge on any atom is -0.469 e. The number of hydrogen-bond donors (Lipinski definition) is 1. The number of furan rings is 1. The molecule has 2 aromatic rings. The number of aromatic nitrogens is 2. The van der Waals surface area contributed by atoms with E-state index in [0.717, 1.165) is 30.6 Å². The first-order valence-corrected chi connectivity index (χ1v) is 7.59. The van der Waals surface area contributed by atoms with Gasteiger partial charge in [-0.1, -0.05) is 11.6 Å². The number of fused-ring (bicyclic) bond motifs is 1. The van der Waals surface area contributed by atoms with E-state index in [1.54, 1.807) is 17.9 Å². The highest BCUT2D eigenvalue weighted by Crippen LogP contribution is 2.31. The maximum Gasteiger partial charge on any atom is 0.256 e. The van der Waals surface area contributed by atoms with Crippen molar-refractivity contribution in [2.45, 2.75) is 45.7 Å². The Morgan fingerprint density at radius 1 is 1.62 bits per heavy atom. The molecule has 0 fully saturated rings. The predicted octanol–water partition coefficient (Wildman–Crippen LogP) is 3.27. The summed E-state index contributed by atoms with van der Waals surface area (Å²) >= 11 is 6.24. The lowest BCUT2D eigenvalue weighted by atomic mass is 9.93. The van der Waals surface area contributed by atoms with Gasteiger partial charge in [-0.3, -0.25) is 9.48 Å². The quantitative estimate of drug-likeness (QED) is 0.946. The molecule has 0 unspecified atom stereocenters. The van der Waals surface area contributed by atoms with Gasteiger partial charge in [-0.2, -0.15) is 5.10 Å². The van der Waals surface area contributed by atoms with Crippen LogP contribution in [-0.2, 0) is 13.0 Å². The minimum atomic E-state index is -0.170. The molecule has 1 amide bonds. The average molecular weight is 308 g/mol. The summed E-state index contributed by atoms with van der Waals surface area (Å²) in [6.45, 7) is 4.39. The van der Waals surface area contributed by atoms with Crippen LogP contribution in [0.5, 0.6) is 0 Å². The molecule has 0 aromatic carbocycles. The Hall–Kier alpha value is -1.75. The summed E-state index contributed by atoms with van der Waals surface area (Å²) in [5, 5.41) is 7.74. The fourth-order valence-corrected chi connectivity index (χ4v) is 3.27. The van der Waals surface area contributed by atoms with Crippen LogP contribution in [0.25, 0.3) is 0 Å². The number of carbonyl (C=O) groups is 1. The number of aryl methyl sites for hydroxylation is 3. The highest BCUT2D eigenvalue weighted by atomic mass is 35.5. The number of hydrogen-bond acceptors (Lipinski definition) is 3. The highest BCUT2D eigenvalue weighted by molar-refractivity contribution is 6.33. The fraction of sp³-hybridized carbons (Fsp3) is 0.467. The van der Waals surface area contributed by atoms with Gasteiger partial charge in [-0.05, 0) is 32.8 Å². The largest absolute Gasteiger partial charge is 0.469 e. The molecule has 112 valence electrons. The first-order chi connectivity index (χ1) is 10.1. The smallest absolute Gasteiger partial charge is 0.256 e. The molecule has 1 N–H and O–H groups in total. The molecule has 1 aliphatic carbocycles. The molecule has 1 atom stereocenters. The van der Waals surface area contributed by atoms with E-state index in [1.165, 1.54) is 0 Å². The van der Waals surface area contributed by atoms with Crippen molar-refractivity contribution in [3.63, 3.8) is 0 Å². The van der Waals surface area contributed by atoms with Gasteiger partial charge in [0.15, 0.2) is 0 Å². The number of rotatable bonds is 3. The summed E-state index contributed by atoms with van der Waals surface area (Å²) < 4.78 is 7.08. The van der Waals surface area contributed by atoms with Gasteiger partial charge in [0.1, 0.15) is 10.9 Å². The summed E-state index contributed by atoms with van der Waals surface area (Å²) in [5.41, 5.74) is 2.20. The van der Waals surface area contributed by atoms with Crippen LogP contribution in [0.2, 0.25) is 5.15 Å². The molecule has 0 radical (unpaired) electrons. The lowest BCUT2D eigenvalue weighted by Gasteiger charge is -2.22. The van der Waals surface area contributed by atoms with E-state index in [2.05, 4.69) is 10.4 Å². The summed E-state index contributed by atoms with van der Waals surface area (Å²) in [4.78, 5) is 12.5. The number of halogens is 1. The Kier molecular flexibility index (Phi) is 3.76. The molecule has 3 rings (SSSR count). The van der Waals surface area contributed by atoms with Crippen molar-refractivity contribution >= 4 is 17.5 Å². The van der Waals surface area contributed by atoms with Gasteiger partial charge in [-0.25, -0.2) is 0 Å². The Balaban J connectivity index is 1.84. The van der Waals surface area contributed by atoms with Crippen molar-refractivity contribution in [1.29, 1.82) is 0 Å². The molecule has 6 heteroatoms. The number of carbonyl (C=O) groups excluding carboxylic acids is 1. The van der Waals surface area contributed by atoms with Crippen LogP contribution in [0.4, 0.5) is 0 Å². The zero-order chi connectivity index (χ0) is 15.0. The summed E-state index contributed by atoms with van der Waals surface area (Å²) in [6, 6.07) is 1.92. The number of amides is 1. The third kappa shape index (κ3) is 2.46. The molecular weight excluding hydrogens is 290 g/mol. The lowest BCUT2D eigenvalue weighted by molar-refractivity contribution is 0.0931. The monoisotopic (exact) mass is 307 g/mol. The van der Waals surface area contributed by atoms with Crippen LogP contribution in [0.1, 0.15) is 53.2 Å². The summed E-state index contributed by atoms with van der Waals surface area (Å²) in [7, 11) is 0. The minimum absolute atomic E-state index is 0.0135. The van der Waals surface area contributed by atoms with Crippen molar-refractivity contribution in [3.05, 3.63) is 40.1 Å². The molecule has 2 aromatic heterocycles. The third-order valence-corrected chi connectivity index (χ3v) is 4.33. The van der Waals surface area contributed by atoms with Crippen molar-refractivity contribution < 1.29 is 9.21 Å². The van der Waals surface area contributed by atoms with Crippen LogP contribution in [0.3, 0.4) is 0 Å². The average Bonchev–Trinajstić information content (AvgIpc) is 3.04. The summed E-state index contributed by atoms with van der Waals surface area (Å²) in [6.07, 6.45) is 4.54. The first-order valence-electron chi connectivity index (χ1n) is 7.21. The Morgan fingerprint density at radius 3 is 3.14 bits per heavy atom. The molecule has 1 aliphatic rings. The van der Waals surface area contributed by atoms with E-state index in [9.17, 15) is 4.79 Å². The third-order valence-electron chi connectivity index (χ3n) is 3.95. The molecule has 0 spiro atoms. The maximum absolute atomic E-state index is 12.5. The Morgan fingerprint density at radius 2 is 2.43 bits per heavy atom. The van der Waals surface area contributed by atoms with Crippen molar-refractivity contribution in [1.82, 2.24) is 15.1 Å². The van der Waals surface area contributed by atoms with E-state index in [4.69, 9.17) is 16.0 Å². The van der Waals surface area contributed by atoms with Crippen LogP contribution in [0, 0.1) is 6.92 Å². The van der Waals surface area contributed by atoms with Gasteiger partial charge in [-0.15, -0.1) is 0 Å². The predicted molar refractivity (Wildman–Crippen MR) is 79.5 cm³/mol. The second kappa shape index (κ2) is 5.56. The van der Waals surface area contributed by atoms with Crippen LogP contribution in [0.15, 0.2) is 16.7 Å². The lowest BCUT2D eigenvalue weighted by Crippen LogP contribution is -2.30. The van der Waals surface area contributed by atoms with Gasteiger partial charge in [0.05, 0.1) is 23.6 Å². The normalized spacial score (nSPS) is 17.6.